The number of ether oxygens (including phenoxy) is 2. The van der Waals surface area contributed by atoms with Gasteiger partial charge in [0.2, 0.25) is 0 Å². The van der Waals surface area contributed by atoms with Crippen molar-refractivity contribution in [3.8, 4) is 5.75 Å². The van der Waals surface area contributed by atoms with Crippen LogP contribution in [0.2, 0.25) is 0 Å². The van der Waals surface area contributed by atoms with Gasteiger partial charge in [0, 0.05) is 13.1 Å². The smallest absolute Gasteiger partial charge is 0.469 e. The Kier molecular flexibility index (Phi) is 5.62. The highest BCUT2D eigenvalue weighted by molar-refractivity contribution is 5.69. The fraction of sp³-hybridized carbons (Fsp3) is 0.417. The summed E-state index contributed by atoms with van der Waals surface area (Å²) in [6, 6.07) is 5.65. The molecule has 19 heavy (non-hydrogen) atoms. The fourth-order valence-corrected chi connectivity index (χ4v) is 1.38. The lowest BCUT2D eigenvalue weighted by molar-refractivity contribution is -0.274. The first kappa shape index (κ1) is 15.3. The molecule has 0 saturated carbocycles. The second kappa shape index (κ2) is 6.98. The van der Waals surface area contributed by atoms with Gasteiger partial charge < -0.3 is 14.8 Å². The maximum absolute atomic E-state index is 12.0. The summed E-state index contributed by atoms with van der Waals surface area (Å²) in [5, 5.41) is 2.92. The summed E-state index contributed by atoms with van der Waals surface area (Å²) in [5.41, 5.74) is 0.631. The van der Waals surface area contributed by atoms with Crippen molar-refractivity contribution < 1.29 is 27.4 Å². The Bertz CT molecular complexity index is 421. The van der Waals surface area contributed by atoms with E-state index in [1.54, 1.807) is 6.07 Å². The standard InChI is InChI=1S/C12H14F3NO3/c1-18-11(17)5-6-16-8-9-3-2-4-10(7-9)19-12(13,14)15/h2-4,7,16H,5-6,8H2,1H3. The molecule has 0 aliphatic carbocycles. The molecule has 1 aromatic carbocycles. The van der Waals surface area contributed by atoms with Crippen LogP contribution in [0.4, 0.5) is 13.2 Å². The second-order valence-electron chi connectivity index (χ2n) is 3.70. The van der Waals surface area contributed by atoms with Gasteiger partial charge in [0.15, 0.2) is 0 Å². The summed E-state index contributed by atoms with van der Waals surface area (Å²) in [7, 11) is 1.29. The van der Waals surface area contributed by atoms with Gasteiger partial charge in [-0.1, -0.05) is 12.1 Å². The molecule has 0 radical (unpaired) electrons. The number of benzene rings is 1. The lowest BCUT2D eigenvalue weighted by Crippen LogP contribution is -2.19. The van der Waals surface area contributed by atoms with E-state index in [2.05, 4.69) is 14.8 Å². The highest BCUT2D eigenvalue weighted by Crippen LogP contribution is 2.23. The maximum Gasteiger partial charge on any atom is 0.573 e. The van der Waals surface area contributed by atoms with Gasteiger partial charge in [-0.15, -0.1) is 13.2 Å². The van der Waals surface area contributed by atoms with Crippen LogP contribution >= 0.6 is 0 Å². The molecule has 1 aromatic rings. The maximum atomic E-state index is 12.0. The highest BCUT2D eigenvalue weighted by atomic mass is 19.4. The third-order valence-electron chi connectivity index (χ3n) is 2.19. The number of hydrogen-bond donors (Lipinski definition) is 1. The van der Waals surface area contributed by atoms with E-state index < -0.39 is 6.36 Å². The summed E-state index contributed by atoms with van der Waals surface area (Å²) in [4.78, 5) is 10.8. The molecule has 0 unspecified atom stereocenters. The zero-order valence-electron chi connectivity index (χ0n) is 10.3. The molecule has 0 amide bonds. The number of carbonyl (C=O) groups excluding carboxylic acids is 1. The Morgan fingerprint density at radius 3 is 2.74 bits per heavy atom. The molecule has 0 bridgehead atoms. The molecule has 106 valence electrons. The van der Waals surface area contributed by atoms with Gasteiger partial charge in [0.1, 0.15) is 5.75 Å². The van der Waals surface area contributed by atoms with Crippen molar-refractivity contribution in [2.24, 2.45) is 0 Å². The number of rotatable bonds is 6. The summed E-state index contributed by atoms with van der Waals surface area (Å²) >= 11 is 0. The van der Waals surface area contributed by atoms with Crippen LogP contribution < -0.4 is 10.1 Å². The van der Waals surface area contributed by atoms with E-state index in [9.17, 15) is 18.0 Å². The number of hydrogen-bond acceptors (Lipinski definition) is 4. The Balaban J connectivity index is 2.42. The molecular formula is C12H14F3NO3. The van der Waals surface area contributed by atoms with Crippen LogP contribution in [-0.2, 0) is 16.1 Å². The number of alkyl halides is 3. The molecule has 0 fully saturated rings. The van der Waals surface area contributed by atoms with E-state index in [4.69, 9.17) is 0 Å². The van der Waals surface area contributed by atoms with E-state index in [0.29, 0.717) is 18.7 Å². The molecule has 0 atom stereocenters. The quantitative estimate of drug-likeness (QED) is 0.640. The van der Waals surface area contributed by atoms with Gasteiger partial charge in [-0.25, -0.2) is 0 Å². The van der Waals surface area contributed by atoms with E-state index in [0.717, 1.165) is 0 Å². The van der Waals surface area contributed by atoms with Crippen LogP contribution in [0.1, 0.15) is 12.0 Å². The van der Waals surface area contributed by atoms with Gasteiger partial charge >= 0.3 is 12.3 Å². The van der Waals surface area contributed by atoms with Gasteiger partial charge in [-0.05, 0) is 17.7 Å². The Morgan fingerprint density at radius 2 is 2.11 bits per heavy atom. The molecule has 0 spiro atoms. The molecule has 0 aliphatic heterocycles. The molecule has 0 aromatic heterocycles. The number of halogens is 3. The lowest BCUT2D eigenvalue weighted by atomic mass is 10.2. The molecule has 1 N–H and O–H groups in total. The number of esters is 1. The first-order chi connectivity index (χ1) is 8.90. The molecule has 0 saturated heterocycles. The van der Waals surface area contributed by atoms with Crippen molar-refractivity contribution in [2.45, 2.75) is 19.3 Å². The van der Waals surface area contributed by atoms with Crippen LogP contribution in [0.25, 0.3) is 0 Å². The molecule has 1 rings (SSSR count). The first-order valence-corrected chi connectivity index (χ1v) is 5.53. The first-order valence-electron chi connectivity index (χ1n) is 5.53. The minimum absolute atomic E-state index is 0.204. The Morgan fingerprint density at radius 1 is 1.37 bits per heavy atom. The van der Waals surface area contributed by atoms with Crippen molar-refractivity contribution >= 4 is 5.97 Å². The van der Waals surface area contributed by atoms with Crippen molar-refractivity contribution in [3.05, 3.63) is 29.8 Å². The number of nitrogens with one attached hydrogen (secondary N) is 1. The van der Waals surface area contributed by atoms with Crippen LogP contribution in [0, 0.1) is 0 Å². The van der Waals surface area contributed by atoms with Crippen LogP contribution in [0.15, 0.2) is 24.3 Å². The number of carbonyl (C=O) groups is 1. The lowest BCUT2D eigenvalue weighted by Gasteiger charge is -2.10. The Labute approximate surface area is 108 Å². The molecule has 0 aliphatic rings. The molecule has 4 nitrogen and oxygen atoms in total. The second-order valence-corrected chi connectivity index (χ2v) is 3.70. The van der Waals surface area contributed by atoms with Crippen molar-refractivity contribution in [1.29, 1.82) is 0 Å². The topological polar surface area (TPSA) is 47.6 Å². The summed E-state index contributed by atoms with van der Waals surface area (Å²) < 4.78 is 44.3. The monoisotopic (exact) mass is 277 g/mol. The highest BCUT2D eigenvalue weighted by Gasteiger charge is 2.31. The minimum Gasteiger partial charge on any atom is -0.469 e. The third-order valence-corrected chi connectivity index (χ3v) is 2.19. The summed E-state index contributed by atoms with van der Waals surface area (Å²) in [5.74, 6) is -0.610. The SMILES string of the molecule is COC(=O)CCNCc1cccc(OC(F)(F)F)c1. The largest absolute Gasteiger partial charge is 0.573 e. The van der Waals surface area contributed by atoms with Gasteiger partial charge in [0.05, 0.1) is 13.5 Å². The zero-order chi connectivity index (χ0) is 14.3. The van der Waals surface area contributed by atoms with Crippen molar-refractivity contribution in [3.63, 3.8) is 0 Å². The van der Waals surface area contributed by atoms with Crippen molar-refractivity contribution in [2.75, 3.05) is 13.7 Å². The fourth-order valence-electron chi connectivity index (χ4n) is 1.38. The van der Waals surface area contributed by atoms with Crippen LogP contribution in [0.5, 0.6) is 5.75 Å². The van der Waals surface area contributed by atoms with Gasteiger partial charge in [-0.2, -0.15) is 0 Å². The van der Waals surface area contributed by atoms with E-state index in [1.165, 1.54) is 25.3 Å². The number of methoxy groups -OCH3 is 1. The summed E-state index contributed by atoms with van der Waals surface area (Å²) in [6.45, 7) is 0.725. The molecule has 0 heterocycles. The average molecular weight is 277 g/mol. The van der Waals surface area contributed by atoms with Crippen LogP contribution in [0.3, 0.4) is 0 Å². The molecule has 7 heteroatoms. The van der Waals surface area contributed by atoms with Gasteiger partial charge in [-0.3, -0.25) is 4.79 Å². The average Bonchev–Trinajstić information content (AvgIpc) is 2.32. The molecular weight excluding hydrogens is 263 g/mol. The summed E-state index contributed by atoms with van der Waals surface area (Å²) in [6.07, 6.45) is -4.49. The third kappa shape index (κ3) is 6.66. The Hall–Kier alpha value is -1.76. The van der Waals surface area contributed by atoms with E-state index >= 15 is 0 Å². The predicted octanol–water partition coefficient (Wildman–Crippen LogP) is 2.24. The predicted molar refractivity (Wildman–Crippen MR) is 61.5 cm³/mol. The minimum atomic E-state index is -4.70. The van der Waals surface area contributed by atoms with Crippen molar-refractivity contribution in [1.82, 2.24) is 5.32 Å². The zero-order valence-corrected chi connectivity index (χ0v) is 10.3. The van der Waals surface area contributed by atoms with Gasteiger partial charge in [0.25, 0.3) is 0 Å². The van der Waals surface area contributed by atoms with E-state index in [-0.39, 0.29) is 18.1 Å². The normalized spacial score (nSPS) is 11.2. The van der Waals surface area contributed by atoms with Crippen LogP contribution in [-0.4, -0.2) is 26.0 Å². The van der Waals surface area contributed by atoms with E-state index in [1.807, 2.05) is 0 Å².